The number of rotatable bonds is 5. The van der Waals surface area contributed by atoms with Crippen LogP contribution < -0.4 is 5.73 Å². The predicted octanol–water partition coefficient (Wildman–Crippen LogP) is 0.179. The average molecular weight is 184 g/mol. The van der Waals surface area contributed by atoms with Crippen LogP contribution in [0.25, 0.3) is 0 Å². The lowest BCUT2D eigenvalue weighted by Crippen LogP contribution is -2.37. The molecule has 13 heavy (non-hydrogen) atoms. The molecule has 0 saturated carbocycles. The maximum Gasteiger partial charge on any atom is 0.323 e. The van der Waals surface area contributed by atoms with E-state index in [1.165, 1.54) is 6.08 Å². The van der Waals surface area contributed by atoms with Crippen LogP contribution in [-0.4, -0.2) is 24.9 Å². The summed E-state index contributed by atoms with van der Waals surface area (Å²) >= 11 is 0. The van der Waals surface area contributed by atoms with Crippen molar-refractivity contribution in [2.24, 2.45) is 11.7 Å². The topological polar surface area (TPSA) is 69.4 Å². The van der Waals surface area contributed by atoms with E-state index in [1.807, 2.05) is 13.8 Å². The highest BCUT2D eigenvalue weighted by atomic mass is 16.5. The van der Waals surface area contributed by atoms with E-state index in [4.69, 9.17) is 10.5 Å². The zero-order valence-corrected chi connectivity index (χ0v) is 7.82. The van der Waals surface area contributed by atoms with Gasteiger partial charge < -0.3 is 10.5 Å². The van der Waals surface area contributed by atoms with Gasteiger partial charge >= 0.3 is 5.97 Å². The Morgan fingerprint density at radius 2 is 2.23 bits per heavy atom. The van der Waals surface area contributed by atoms with Crippen molar-refractivity contribution >= 4 is 12.3 Å². The molecule has 0 amide bonds. The summed E-state index contributed by atoms with van der Waals surface area (Å²) < 4.78 is 4.74. The molecule has 0 heterocycles. The van der Waals surface area contributed by atoms with Gasteiger partial charge in [-0.1, -0.05) is 13.8 Å². The Balaban J connectivity index is 3.74. The SMILES string of the molecule is CC(C)[C@H](N)C(=O)OC/C=C\[C]=O. The monoisotopic (exact) mass is 184 g/mol. The Kier molecular flexibility index (Phi) is 5.80. The highest BCUT2D eigenvalue weighted by Crippen LogP contribution is 2.00. The first-order valence-electron chi connectivity index (χ1n) is 4.04. The molecule has 0 rings (SSSR count). The molecule has 0 unspecified atom stereocenters. The van der Waals surface area contributed by atoms with Gasteiger partial charge in [0.25, 0.3) is 0 Å². The molecule has 0 saturated heterocycles. The van der Waals surface area contributed by atoms with E-state index in [2.05, 4.69) is 0 Å². The molecule has 0 aliphatic rings. The van der Waals surface area contributed by atoms with Gasteiger partial charge in [0.05, 0.1) is 0 Å². The van der Waals surface area contributed by atoms with E-state index in [1.54, 1.807) is 6.29 Å². The lowest BCUT2D eigenvalue weighted by Gasteiger charge is -2.13. The van der Waals surface area contributed by atoms with Crippen molar-refractivity contribution in [2.75, 3.05) is 6.61 Å². The van der Waals surface area contributed by atoms with Gasteiger partial charge in [-0.05, 0) is 18.1 Å². The van der Waals surface area contributed by atoms with Gasteiger partial charge in [0.1, 0.15) is 12.6 Å². The first-order valence-corrected chi connectivity index (χ1v) is 4.04. The second-order valence-corrected chi connectivity index (χ2v) is 2.92. The van der Waals surface area contributed by atoms with Crippen molar-refractivity contribution in [3.05, 3.63) is 12.2 Å². The van der Waals surface area contributed by atoms with Gasteiger partial charge in [0.2, 0.25) is 6.29 Å². The Morgan fingerprint density at radius 3 is 2.69 bits per heavy atom. The van der Waals surface area contributed by atoms with Gasteiger partial charge in [-0.3, -0.25) is 9.59 Å². The fourth-order valence-electron chi connectivity index (χ4n) is 0.595. The minimum Gasteiger partial charge on any atom is -0.460 e. The number of hydrogen-bond donors (Lipinski definition) is 1. The van der Waals surface area contributed by atoms with Crippen LogP contribution >= 0.6 is 0 Å². The Bertz CT molecular complexity index is 199. The molecule has 4 heteroatoms. The van der Waals surface area contributed by atoms with Crippen LogP contribution in [0.3, 0.4) is 0 Å². The molecule has 0 aliphatic carbocycles. The molecule has 0 aromatic heterocycles. The number of allylic oxidation sites excluding steroid dienone is 1. The third-order valence-corrected chi connectivity index (χ3v) is 1.50. The van der Waals surface area contributed by atoms with Crippen LogP contribution in [0.5, 0.6) is 0 Å². The second-order valence-electron chi connectivity index (χ2n) is 2.92. The van der Waals surface area contributed by atoms with Crippen molar-refractivity contribution in [3.8, 4) is 0 Å². The molecule has 1 atom stereocenters. The second kappa shape index (κ2) is 6.37. The zero-order chi connectivity index (χ0) is 10.3. The van der Waals surface area contributed by atoms with E-state index < -0.39 is 12.0 Å². The lowest BCUT2D eigenvalue weighted by molar-refractivity contribution is -0.145. The zero-order valence-electron chi connectivity index (χ0n) is 7.82. The molecule has 0 aliphatic heterocycles. The molecule has 2 N–H and O–H groups in total. The molecule has 73 valence electrons. The van der Waals surface area contributed by atoms with Crippen molar-refractivity contribution in [3.63, 3.8) is 0 Å². The normalized spacial score (nSPS) is 13.2. The standard InChI is InChI=1S/C9H14NO3/c1-7(2)8(10)9(12)13-6-4-3-5-11/h3-4,7-8H,6,10H2,1-2H3/b4-3-/t8-/m0/s1. The van der Waals surface area contributed by atoms with Crippen LogP contribution in [-0.2, 0) is 14.3 Å². The van der Waals surface area contributed by atoms with Gasteiger partial charge in [0, 0.05) is 0 Å². The van der Waals surface area contributed by atoms with E-state index >= 15 is 0 Å². The number of esters is 1. The smallest absolute Gasteiger partial charge is 0.323 e. The summed E-state index contributed by atoms with van der Waals surface area (Å²) in [5, 5.41) is 0. The van der Waals surface area contributed by atoms with Crippen molar-refractivity contribution in [1.29, 1.82) is 0 Å². The molecule has 0 spiro atoms. The predicted molar refractivity (Wildman–Crippen MR) is 48.6 cm³/mol. The number of ether oxygens (including phenoxy) is 1. The Hall–Kier alpha value is -1.16. The first kappa shape index (κ1) is 11.8. The van der Waals surface area contributed by atoms with Gasteiger partial charge in [-0.15, -0.1) is 0 Å². The van der Waals surface area contributed by atoms with Gasteiger partial charge in [-0.25, -0.2) is 0 Å². The molecule has 1 radical (unpaired) electrons. The molecule has 0 fully saturated rings. The summed E-state index contributed by atoms with van der Waals surface area (Å²) in [5.41, 5.74) is 5.50. The molecular weight excluding hydrogens is 170 g/mol. The fourth-order valence-corrected chi connectivity index (χ4v) is 0.595. The van der Waals surface area contributed by atoms with Gasteiger partial charge in [-0.2, -0.15) is 0 Å². The van der Waals surface area contributed by atoms with Crippen LogP contribution in [0.1, 0.15) is 13.8 Å². The highest BCUT2D eigenvalue weighted by molar-refractivity contribution is 5.75. The first-order chi connectivity index (χ1) is 6.09. The molecule has 0 aromatic rings. The lowest BCUT2D eigenvalue weighted by atomic mass is 10.1. The van der Waals surface area contributed by atoms with Crippen LogP contribution in [0.4, 0.5) is 0 Å². The maximum atomic E-state index is 11.1. The van der Waals surface area contributed by atoms with Crippen LogP contribution in [0.15, 0.2) is 12.2 Å². The van der Waals surface area contributed by atoms with E-state index in [9.17, 15) is 9.59 Å². The van der Waals surface area contributed by atoms with Crippen molar-refractivity contribution < 1.29 is 14.3 Å². The molecule has 0 bridgehead atoms. The summed E-state index contributed by atoms with van der Waals surface area (Å²) in [6.07, 6.45) is 4.09. The van der Waals surface area contributed by atoms with Gasteiger partial charge in [0.15, 0.2) is 0 Å². The summed E-state index contributed by atoms with van der Waals surface area (Å²) in [6, 6.07) is -0.603. The number of carbonyl (C=O) groups is 1. The number of carbonyl (C=O) groups excluding carboxylic acids is 2. The third kappa shape index (κ3) is 5.14. The summed E-state index contributed by atoms with van der Waals surface area (Å²) in [7, 11) is 0. The molecular formula is C9H14NO3. The maximum absolute atomic E-state index is 11.1. The highest BCUT2D eigenvalue weighted by Gasteiger charge is 2.17. The summed E-state index contributed by atoms with van der Waals surface area (Å²) in [4.78, 5) is 20.8. The fraction of sp³-hybridized carbons (Fsp3) is 0.556. The van der Waals surface area contributed by atoms with Crippen LogP contribution in [0, 0.1) is 5.92 Å². The molecule has 4 nitrogen and oxygen atoms in total. The van der Waals surface area contributed by atoms with E-state index in [-0.39, 0.29) is 12.5 Å². The Labute approximate surface area is 77.7 Å². The van der Waals surface area contributed by atoms with E-state index in [0.717, 1.165) is 6.08 Å². The Morgan fingerprint density at radius 1 is 1.62 bits per heavy atom. The average Bonchev–Trinajstić information content (AvgIpc) is 2.10. The van der Waals surface area contributed by atoms with E-state index in [0.29, 0.717) is 0 Å². The minimum absolute atomic E-state index is 0.0501. The largest absolute Gasteiger partial charge is 0.460 e. The summed E-state index contributed by atoms with van der Waals surface area (Å²) in [5.74, 6) is -0.403. The third-order valence-electron chi connectivity index (χ3n) is 1.50. The van der Waals surface area contributed by atoms with Crippen molar-refractivity contribution in [1.82, 2.24) is 0 Å². The minimum atomic E-state index is -0.603. The number of nitrogens with two attached hydrogens (primary N) is 1. The van der Waals surface area contributed by atoms with Crippen molar-refractivity contribution in [2.45, 2.75) is 19.9 Å². The molecule has 0 aromatic carbocycles. The van der Waals surface area contributed by atoms with Crippen LogP contribution in [0.2, 0.25) is 0 Å². The summed E-state index contributed by atoms with van der Waals surface area (Å²) in [6.45, 7) is 3.73. The number of hydrogen-bond acceptors (Lipinski definition) is 4. The quantitative estimate of drug-likeness (QED) is 0.488.